The van der Waals surface area contributed by atoms with E-state index in [2.05, 4.69) is 10.3 Å². The third-order valence-electron chi connectivity index (χ3n) is 2.19. The minimum Gasteiger partial charge on any atom is -0.478 e. The smallest absolute Gasteiger partial charge is 0.418 e. The maximum Gasteiger partial charge on any atom is 0.418 e. The van der Waals surface area contributed by atoms with Crippen LogP contribution in [-0.4, -0.2) is 22.2 Å². The van der Waals surface area contributed by atoms with Crippen molar-refractivity contribution in [2.45, 2.75) is 0 Å². The second kappa shape index (κ2) is 5.63. The summed E-state index contributed by atoms with van der Waals surface area (Å²) in [6.07, 6.45) is 0.558. The van der Waals surface area contributed by atoms with Crippen LogP contribution in [0, 0.1) is 0 Å². The molecule has 6 heteroatoms. The lowest BCUT2D eigenvalue weighted by Gasteiger charge is -2.06. The van der Waals surface area contributed by atoms with E-state index in [4.69, 9.17) is 9.84 Å². The summed E-state index contributed by atoms with van der Waals surface area (Å²) in [6.45, 7) is 0. The molecule has 96 valence electrons. The molecule has 0 spiro atoms. The van der Waals surface area contributed by atoms with Crippen molar-refractivity contribution in [3.63, 3.8) is 0 Å². The van der Waals surface area contributed by atoms with Gasteiger partial charge in [0.25, 0.3) is 0 Å². The molecule has 0 radical (unpaired) electrons. The number of carbonyl (C=O) groups is 2. The number of anilines is 1. The predicted molar refractivity (Wildman–Crippen MR) is 67.3 cm³/mol. The highest BCUT2D eigenvalue weighted by atomic mass is 16.6. The average molecular weight is 258 g/mol. The molecule has 0 fully saturated rings. The Morgan fingerprint density at radius 1 is 1.16 bits per heavy atom. The number of ether oxygens (including phenoxy) is 1. The van der Waals surface area contributed by atoms with Crippen LogP contribution in [0.3, 0.4) is 0 Å². The van der Waals surface area contributed by atoms with Crippen molar-refractivity contribution in [2.24, 2.45) is 0 Å². The molecule has 0 aliphatic carbocycles. The Hall–Kier alpha value is -2.89. The molecule has 0 unspecified atom stereocenters. The summed E-state index contributed by atoms with van der Waals surface area (Å²) in [5.74, 6) is -0.600. The largest absolute Gasteiger partial charge is 0.478 e. The molecule has 1 amide bonds. The number of carboxylic acid groups (broad SMARTS) is 1. The van der Waals surface area contributed by atoms with E-state index in [0.717, 1.165) is 0 Å². The fourth-order valence-electron chi connectivity index (χ4n) is 1.36. The van der Waals surface area contributed by atoms with Crippen LogP contribution in [0.15, 0.2) is 48.7 Å². The normalized spacial score (nSPS) is 9.68. The molecule has 2 N–H and O–H groups in total. The van der Waals surface area contributed by atoms with Gasteiger partial charge in [-0.05, 0) is 24.3 Å². The lowest BCUT2D eigenvalue weighted by Crippen LogP contribution is -2.17. The van der Waals surface area contributed by atoms with Crippen LogP contribution in [0.5, 0.6) is 5.75 Å². The topological polar surface area (TPSA) is 88.5 Å². The molecule has 0 aliphatic rings. The second-order valence-electron chi connectivity index (χ2n) is 3.56. The molecular weight excluding hydrogens is 248 g/mol. The van der Waals surface area contributed by atoms with Gasteiger partial charge in [0.15, 0.2) is 0 Å². The highest BCUT2D eigenvalue weighted by Gasteiger charge is 2.08. The van der Waals surface area contributed by atoms with Crippen LogP contribution in [0.4, 0.5) is 10.6 Å². The van der Waals surface area contributed by atoms with Crippen molar-refractivity contribution < 1.29 is 19.4 Å². The molecule has 6 nitrogen and oxygen atoms in total. The first kappa shape index (κ1) is 12.6. The molecule has 2 rings (SSSR count). The van der Waals surface area contributed by atoms with E-state index in [0.29, 0.717) is 5.75 Å². The number of benzene rings is 1. The zero-order valence-electron chi connectivity index (χ0n) is 9.74. The first-order valence-corrected chi connectivity index (χ1v) is 5.38. The molecule has 0 saturated carbocycles. The fourth-order valence-corrected chi connectivity index (χ4v) is 1.36. The highest BCUT2D eigenvalue weighted by Crippen LogP contribution is 2.11. The number of hydrogen-bond acceptors (Lipinski definition) is 4. The summed E-state index contributed by atoms with van der Waals surface area (Å²) in [5.41, 5.74) is 0.0324. The minimum atomic E-state index is -1.10. The molecule has 0 atom stereocenters. The Labute approximate surface area is 108 Å². The van der Waals surface area contributed by atoms with Crippen LogP contribution in [0.2, 0.25) is 0 Å². The molecule has 1 aromatic carbocycles. The first-order chi connectivity index (χ1) is 9.15. The number of pyridine rings is 1. The number of para-hydroxylation sites is 1. The van der Waals surface area contributed by atoms with Crippen molar-refractivity contribution in [3.05, 3.63) is 54.2 Å². The summed E-state index contributed by atoms with van der Waals surface area (Å²) >= 11 is 0. The molecule has 0 aliphatic heterocycles. The monoisotopic (exact) mass is 258 g/mol. The number of carbonyl (C=O) groups excluding carboxylic acids is 1. The van der Waals surface area contributed by atoms with Gasteiger partial charge in [-0.3, -0.25) is 5.32 Å². The second-order valence-corrected chi connectivity index (χ2v) is 3.56. The van der Waals surface area contributed by atoms with Gasteiger partial charge in [-0.2, -0.15) is 0 Å². The van der Waals surface area contributed by atoms with Gasteiger partial charge in [-0.1, -0.05) is 18.2 Å². The molecule has 2 aromatic rings. The van der Waals surface area contributed by atoms with Crippen LogP contribution < -0.4 is 10.1 Å². The molecular formula is C13H10N2O4. The van der Waals surface area contributed by atoms with E-state index < -0.39 is 12.1 Å². The molecule has 1 heterocycles. The third kappa shape index (κ3) is 3.53. The van der Waals surface area contributed by atoms with Crippen LogP contribution in [0.25, 0.3) is 0 Å². The van der Waals surface area contributed by atoms with Gasteiger partial charge in [0.05, 0.1) is 5.56 Å². The van der Waals surface area contributed by atoms with E-state index in [-0.39, 0.29) is 11.4 Å². The Balaban J connectivity index is 2.03. The van der Waals surface area contributed by atoms with E-state index in [1.807, 2.05) is 0 Å². The summed E-state index contributed by atoms with van der Waals surface area (Å²) in [5, 5.41) is 11.2. The molecule has 1 aromatic heterocycles. The van der Waals surface area contributed by atoms with Gasteiger partial charge in [0.1, 0.15) is 11.6 Å². The van der Waals surface area contributed by atoms with Gasteiger partial charge in [-0.15, -0.1) is 0 Å². The Bertz CT molecular complexity index is 599. The predicted octanol–water partition coefficient (Wildman–Crippen LogP) is 2.39. The average Bonchev–Trinajstić information content (AvgIpc) is 2.40. The number of nitrogens with zero attached hydrogens (tertiary/aromatic N) is 1. The fraction of sp³-hybridized carbons (Fsp3) is 0. The first-order valence-electron chi connectivity index (χ1n) is 5.38. The van der Waals surface area contributed by atoms with Gasteiger partial charge in [0, 0.05) is 6.20 Å². The Morgan fingerprint density at radius 2 is 1.89 bits per heavy atom. The van der Waals surface area contributed by atoms with Gasteiger partial charge in [0.2, 0.25) is 0 Å². The van der Waals surface area contributed by atoms with Gasteiger partial charge in [-0.25, -0.2) is 14.6 Å². The van der Waals surface area contributed by atoms with E-state index in [1.54, 1.807) is 30.3 Å². The van der Waals surface area contributed by atoms with Gasteiger partial charge >= 0.3 is 12.1 Å². The minimum absolute atomic E-state index is 0.0324. The molecule has 0 saturated heterocycles. The maximum atomic E-state index is 11.5. The third-order valence-corrected chi connectivity index (χ3v) is 2.19. The van der Waals surface area contributed by atoms with Crippen LogP contribution in [-0.2, 0) is 0 Å². The van der Waals surface area contributed by atoms with Crippen molar-refractivity contribution in [1.82, 2.24) is 4.98 Å². The van der Waals surface area contributed by atoms with E-state index in [9.17, 15) is 9.59 Å². The summed E-state index contributed by atoms with van der Waals surface area (Å²) < 4.78 is 4.98. The van der Waals surface area contributed by atoms with Gasteiger partial charge < -0.3 is 9.84 Å². The van der Waals surface area contributed by atoms with Crippen LogP contribution >= 0.6 is 0 Å². The Morgan fingerprint density at radius 3 is 2.58 bits per heavy atom. The van der Waals surface area contributed by atoms with E-state index in [1.165, 1.54) is 18.3 Å². The number of nitrogens with one attached hydrogen (secondary N) is 1. The standard InChI is InChI=1S/C13H10N2O4/c16-12(17)9-6-7-14-11(8-9)15-13(18)19-10-4-2-1-3-5-10/h1-8H,(H,16,17)(H,14,15,18). The number of hydrogen-bond donors (Lipinski definition) is 2. The van der Waals surface area contributed by atoms with Crippen molar-refractivity contribution in [2.75, 3.05) is 5.32 Å². The maximum absolute atomic E-state index is 11.5. The summed E-state index contributed by atoms with van der Waals surface area (Å²) in [4.78, 5) is 26.1. The number of aromatic nitrogens is 1. The summed E-state index contributed by atoms with van der Waals surface area (Å²) in [6, 6.07) is 11.1. The molecule has 19 heavy (non-hydrogen) atoms. The Kier molecular flexibility index (Phi) is 3.72. The van der Waals surface area contributed by atoms with Crippen molar-refractivity contribution in [3.8, 4) is 5.75 Å². The van der Waals surface area contributed by atoms with E-state index >= 15 is 0 Å². The number of rotatable bonds is 3. The highest BCUT2D eigenvalue weighted by molar-refractivity contribution is 5.90. The number of aromatic carboxylic acids is 1. The number of carboxylic acids is 1. The lowest BCUT2D eigenvalue weighted by molar-refractivity contribution is 0.0696. The quantitative estimate of drug-likeness (QED) is 0.882. The van der Waals surface area contributed by atoms with Crippen molar-refractivity contribution in [1.29, 1.82) is 0 Å². The lowest BCUT2D eigenvalue weighted by atomic mass is 10.2. The van der Waals surface area contributed by atoms with Crippen LogP contribution in [0.1, 0.15) is 10.4 Å². The summed E-state index contributed by atoms with van der Waals surface area (Å²) in [7, 11) is 0. The zero-order chi connectivity index (χ0) is 13.7. The molecule has 0 bridgehead atoms. The zero-order valence-corrected chi connectivity index (χ0v) is 9.74. The number of amides is 1. The SMILES string of the molecule is O=C(Nc1cc(C(=O)O)ccn1)Oc1ccccc1. The van der Waals surface area contributed by atoms with Crippen molar-refractivity contribution >= 4 is 17.9 Å².